The van der Waals surface area contributed by atoms with Crippen LogP contribution in [0.1, 0.15) is 45.1 Å². The summed E-state index contributed by atoms with van der Waals surface area (Å²) in [6, 6.07) is 9.08. The molecule has 2 bridgehead atoms. The topological polar surface area (TPSA) is 98.7 Å². The predicted octanol–water partition coefficient (Wildman–Crippen LogP) is 1.69. The number of nitrogens with zero attached hydrogens (tertiary/aromatic N) is 1. The van der Waals surface area contributed by atoms with Crippen LogP contribution in [0.5, 0.6) is 0 Å². The van der Waals surface area contributed by atoms with Crippen molar-refractivity contribution in [2.75, 3.05) is 13.2 Å². The van der Waals surface area contributed by atoms with Gasteiger partial charge in [0.25, 0.3) is 0 Å². The third-order valence-corrected chi connectivity index (χ3v) is 9.06. The Morgan fingerprint density at radius 3 is 2.72 bits per heavy atom. The van der Waals surface area contributed by atoms with Gasteiger partial charge in [-0.25, -0.2) is 0 Å². The van der Waals surface area contributed by atoms with Gasteiger partial charge in [0.15, 0.2) is 0 Å². The van der Waals surface area contributed by atoms with Gasteiger partial charge < -0.3 is 20.6 Å². The van der Waals surface area contributed by atoms with Crippen LogP contribution >= 0.6 is 11.8 Å². The van der Waals surface area contributed by atoms with E-state index in [9.17, 15) is 19.5 Å². The highest BCUT2D eigenvalue weighted by Crippen LogP contribution is 2.66. The van der Waals surface area contributed by atoms with Gasteiger partial charge >= 0.3 is 0 Å². The van der Waals surface area contributed by atoms with E-state index >= 15 is 0 Å². The molecule has 1 spiro atoms. The number of rotatable bonds is 9. The number of thioether (sulfide) groups is 1. The van der Waals surface area contributed by atoms with Crippen molar-refractivity contribution in [2.24, 2.45) is 11.8 Å². The molecule has 3 fully saturated rings. The number of hydrogen-bond donors (Lipinski definition) is 3. The van der Waals surface area contributed by atoms with Gasteiger partial charge in [-0.1, -0.05) is 43.7 Å². The van der Waals surface area contributed by atoms with Gasteiger partial charge in [-0.05, 0) is 31.7 Å². The molecule has 3 aliphatic heterocycles. The fraction of sp³-hybridized carbons (Fsp3) is 0.625. The van der Waals surface area contributed by atoms with E-state index in [0.29, 0.717) is 6.54 Å². The average molecular weight is 460 g/mol. The maximum Gasteiger partial charge on any atom is 0.244 e. The zero-order valence-corrected chi connectivity index (χ0v) is 19.6. The van der Waals surface area contributed by atoms with Crippen LogP contribution in [-0.4, -0.2) is 63.0 Å². The van der Waals surface area contributed by atoms with Crippen LogP contribution in [0.25, 0.3) is 0 Å². The SMILES string of the molecule is CCCC(C)NC(=O)C1N(CCO)C(=O)[C@@H]2[C@H](C(=O)NCc3ccccc3)[C@@H]3CCC12S3. The number of fused-ring (bicyclic) bond motifs is 1. The number of hydrogen-bond acceptors (Lipinski definition) is 5. The van der Waals surface area contributed by atoms with Crippen molar-refractivity contribution in [3.05, 3.63) is 35.9 Å². The highest BCUT2D eigenvalue weighted by molar-refractivity contribution is 8.02. The first kappa shape index (κ1) is 23.1. The number of amides is 3. The molecule has 0 saturated carbocycles. The Morgan fingerprint density at radius 1 is 1.28 bits per heavy atom. The molecule has 0 aliphatic carbocycles. The molecular weight excluding hydrogens is 426 g/mol. The highest BCUT2D eigenvalue weighted by atomic mass is 32.2. The lowest BCUT2D eigenvalue weighted by atomic mass is 9.70. The zero-order chi connectivity index (χ0) is 22.9. The number of carbonyl (C=O) groups excluding carboxylic acids is 3. The molecule has 1 aromatic carbocycles. The lowest BCUT2D eigenvalue weighted by Gasteiger charge is -2.34. The molecule has 3 saturated heterocycles. The summed E-state index contributed by atoms with van der Waals surface area (Å²) in [5.41, 5.74) is 1.01. The van der Waals surface area contributed by atoms with E-state index in [0.717, 1.165) is 31.2 Å². The smallest absolute Gasteiger partial charge is 0.244 e. The molecule has 3 unspecified atom stereocenters. The van der Waals surface area contributed by atoms with Crippen LogP contribution in [0.15, 0.2) is 30.3 Å². The van der Waals surface area contributed by atoms with E-state index in [1.54, 1.807) is 11.8 Å². The number of aliphatic hydroxyl groups is 1. The molecule has 3 N–H and O–H groups in total. The number of nitrogens with one attached hydrogen (secondary N) is 2. The maximum atomic E-state index is 13.5. The zero-order valence-electron chi connectivity index (χ0n) is 18.8. The lowest BCUT2D eigenvalue weighted by Crippen LogP contribution is -2.55. The summed E-state index contributed by atoms with van der Waals surface area (Å²) in [5, 5.41) is 15.8. The first-order valence-electron chi connectivity index (χ1n) is 11.6. The van der Waals surface area contributed by atoms with Crippen molar-refractivity contribution in [3.8, 4) is 0 Å². The lowest BCUT2D eigenvalue weighted by molar-refractivity contribution is -0.140. The van der Waals surface area contributed by atoms with Gasteiger partial charge in [-0.2, -0.15) is 0 Å². The molecule has 8 heteroatoms. The molecule has 6 atom stereocenters. The number of benzene rings is 1. The third-order valence-electron chi connectivity index (χ3n) is 7.11. The van der Waals surface area contributed by atoms with Crippen molar-refractivity contribution in [1.82, 2.24) is 15.5 Å². The Morgan fingerprint density at radius 2 is 2.03 bits per heavy atom. The van der Waals surface area contributed by atoms with E-state index in [1.165, 1.54) is 4.90 Å². The second-order valence-corrected chi connectivity index (χ2v) is 10.8. The van der Waals surface area contributed by atoms with Crippen LogP contribution < -0.4 is 10.6 Å². The number of carbonyl (C=O) groups is 3. The molecule has 174 valence electrons. The predicted molar refractivity (Wildman–Crippen MR) is 124 cm³/mol. The van der Waals surface area contributed by atoms with Crippen molar-refractivity contribution in [1.29, 1.82) is 0 Å². The van der Waals surface area contributed by atoms with Gasteiger partial charge in [0, 0.05) is 24.4 Å². The summed E-state index contributed by atoms with van der Waals surface area (Å²) >= 11 is 1.65. The van der Waals surface area contributed by atoms with Crippen molar-refractivity contribution in [2.45, 2.75) is 68.2 Å². The van der Waals surface area contributed by atoms with Crippen LogP contribution in [0, 0.1) is 11.8 Å². The van der Waals surface area contributed by atoms with Gasteiger partial charge in [0.05, 0.1) is 23.2 Å². The van der Waals surface area contributed by atoms with Gasteiger partial charge in [0.1, 0.15) is 6.04 Å². The molecule has 0 radical (unpaired) electrons. The van der Waals surface area contributed by atoms with Crippen molar-refractivity contribution in [3.63, 3.8) is 0 Å². The molecule has 1 aromatic rings. The number of likely N-dealkylation sites (tertiary alicyclic amines) is 1. The minimum Gasteiger partial charge on any atom is -0.395 e. The normalized spacial score (nSPS) is 31.5. The third kappa shape index (κ3) is 3.92. The quantitative estimate of drug-likeness (QED) is 0.522. The first-order valence-corrected chi connectivity index (χ1v) is 12.5. The summed E-state index contributed by atoms with van der Waals surface area (Å²) in [6.07, 6.45) is 3.38. The number of aliphatic hydroxyl groups excluding tert-OH is 1. The molecule has 3 aliphatic rings. The maximum absolute atomic E-state index is 13.5. The van der Waals surface area contributed by atoms with Crippen LogP contribution in [0.4, 0.5) is 0 Å². The largest absolute Gasteiger partial charge is 0.395 e. The average Bonchev–Trinajstić information content (AvgIpc) is 3.41. The fourth-order valence-electron chi connectivity index (χ4n) is 5.83. The molecule has 4 rings (SSSR count). The van der Waals surface area contributed by atoms with E-state index < -0.39 is 22.6 Å². The summed E-state index contributed by atoms with van der Waals surface area (Å²) in [5.74, 6) is -1.41. The van der Waals surface area contributed by atoms with E-state index in [1.807, 2.05) is 37.3 Å². The summed E-state index contributed by atoms with van der Waals surface area (Å²) in [7, 11) is 0. The molecule has 32 heavy (non-hydrogen) atoms. The van der Waals surface area contributed by atoms with Crippen molar-refractivity contribution >= 4 is 29.5 Å². The summed E-state index contributed by atoms with van der Waals surface area (Å²) in [6.45, 7) is 4.37. The van der Waals surface area contributed by atoms with Crippen LogP contribution in [0.2, 0.25) is 0 Å². The monoisotopic (exact) mass is 459 g/mol. The molecular formula is C24H33N3O4S. The Bertz CT molecular complexity index is 866. The second-order valence-electron chi connectivity index (χ2n) is 9.21. The fourth-order valence-corrected chi connectivity index (χ4v) is 8.05. The van der Waals surface area contributed by atoms with Crippen LogP contribution in [0.3, 0.4) is 0 Å². The Labute approximate surface area is 193 Å². The highest BCUT2D eigenvalue weighted by Gasteiger charge is 2.73. The van der Waals surface area contributed by atoms with E-state index in [2.05, 4.69) is 17.6 Å². The Balaban J connectivity index is 1.56. The molecule has 3 amide bonds. The summed E-state index contributed by atoms with van der Waals surface area (Å²) < 4.78 is -0.596. The Hall–Kier alpha value is -2.06. The Kier molecular flexibility index (Phi) is 6.81. The van der Waals surface area contributed by atoms with Gasteiger partial charge in [-0.3, -0.25) is 14.4 Å². The number of β-amino-alcohol motifs (C(OH)–C–C–N with tert-alkyl or cyclic N) is 1. The minimum atomic E-state index is -0.645. The van der Waals surface area contributed by atoms with Gasteiger partial charge in [-0.15, -0.1) is 11.8 Å². The van der Waals surface area contributed by atoms with Crippen LogP contribution in [-0.2, 0) is 20.9 Å². The summed E-state index contributed by atoms with van der Waals surface area (Å²) in [4.78, 5) is 41.7. The molecule has 0 aromatic heterocycles. The first-order chi connectivity index (χ1) is 15.4. The van der Waals surface area contributed by atoms with E-state index in [-0.39, 0.29) is 42.2 Å². The molecule has 3 heterocycles. The van der Waals surface area contributed by atoms with Gasteiger partial charge in [0.2, 0.25) is 17.7 Å². The minimum absolute atomic E-state index is 0.0163. The van der Waals surface area contributed by atoms with Crippen molar-refractivity contribution < 1.29 is 19.5 Å². The second kappa shape index (κ2) is 9.43. The molecule has 7 nitrogen and oxygen atoms in total. The standard InChI is InChI=1S/C24H33N3O4S/c1-3-7-15(2)26-22(30)20-24-11-10-17(32-24)18(19(24)23(31)27(20)12-13-28)21(29)25-14-16-8-5-4-6-9-16/h4-6,8-9,15,17-20,28H,3,7,10-14H2,1-2H3,(H,25,29)(H,26,30)/t15?,17-,18+,19-,20?,24?/m0/s1. The van der Waals surface area contributed by atoms with E-state index in [4.69, 9.17) is 0 Å².